The number of rotatable bonds is 7. The second kappa shape index (κ2) is 9.76. The zero-order valence-electron chi connectivity index (χ0n) is 20.0. The van der Waals surface area contributed by atoms with E-state index in [0.717, 1.165) is 47.8 Å². The van der Waals surface area contributed by atoms with E-state index in [-0.39, 0.29) is 29.3 Å². The number of benzene rings is 2. The number of carbonyl (C=O) groups is 2. The first kappa shape index (κ1) is 24.2. The summed E-state index contributed by atoms with van der Waals surface area (Å²) in [5, 5.41) is 2.90. The molecule has 0 aliphatic carbocycles. The highest BCUT2D eigenvalue weighted by Gasteiger charge is 2.40. The van der Waals surface area contributed by atoms with E-state index in [4.69, 9.17) is 0 Å². The highest BCUT2D eigenvalue weighted by atomic mass is 32.2. The van der Waals surface area contributed by atoms with Crippen LogP contribution in [0.4, 0.5) is 11.4 Å². The van der Waals surface area contributed by atoms with Gasteiger partial charge in [-0.1, -0.05) is 31.2 Å². The quantitative estimate of drug-likeness (QED) is 0.652. The SMILES string of the molecule is CCc1ccc(CNC(=O)CN2C(=O)C3CCCCN3c3ccc(S(=O)(=O)N(C)C)cc32)cc1. The maximum atomic E-state index is 13.4. The lowest BCUT2D eigenvalue weighted by atomic mass is 9.96. The summed E-state index contributed by atoms with van der Waals surface area (Å²) in [6.07, 6.45) is 3.59. The number of hydrogen-bond acceptors (Lipinski definition) is 5. The van der Waals surface area contributed by atoms with Gasteiger partial charge in [-0.2, -0.15) is 0 Å². The van der Waals surface area contributed by atoms with Gasteiger partial charge in [0.15, 0.2) is 0 Å². The van der Waals surface area contributed by atoms with E-state index in [1.165, 1.54) is 30.6 Å². The molecular weight excluding hydrogens is 452 g/mol. The maximum absolute atomic E-state index is 13.4. The molecule has 0 spiro atoms. The number of anilines is 2. The Kier molecular flexibility index (Phi) is 6.95. The van der Waals surface area contributed by atoms with Crippen molar-refractivity contribution in [2.24, 2.45) is 0 Å². The fraction of sp³-hybridized carbons (Fsp3) is 0.440. The monoisotopic (exact) mass is 484 g/mol. The number of nitrogens with zero attached hydrogens (tertiary/aromatic N) is 3. The Balaban J connectivity index is 1.60. The van der Waals surface area contributed by atoms with Crippen molar-refractivity contribution in [3.8, 4) is 0 Å². The van der Waals surface area contributed by atoms with Crippen LogP contribution in [0.5, 0.6) is 0 Å². The van der Waals surface area contributed by atoms with Crippen molar-refractivity contribution in [2.45, 2.75) is 50.1 Å². The minimum absolute atomic E-state index is 0.0981. The first-order valence-corrected chi connectivity index (χ1v) is 13.2. The molecule has 2 heterocycles. The Bertz CT molecular complexity index is 1180. The van der Waals surface area contributed by atoms with Gasteiger partial charge in [0.1, 0.15) is 12.6 Å². The molecule has 182 valence electrons. The molecule has 4 rings (SSSR count). The summed E-state index contributed by atoms with van der Waals surface area (Å²) < 4.78 is 26.6. The number of hydrogen-bond donors (Lipinski definition) is 1. The van der Waals surface area contributed by atoms with Crippen LogP contribution in [0.1, 0.15) is 37.3 Å². The van der Waals surface area contributed by atoms with E-state index in [0.29, 0.717) is 12.2 Å². The topological polar surface area (TPSA) is 90.0 Å². The fourth-order valence-electron chi connectivity index (χ4n) is 4.56. The van der Waals surface area contributed by atoms with E-state index in [1.54, 1.807) is 12.1 Å². The Morgan fingerprint density at radius 3 is 2.44 bits per heavy atom. The molecule has 0 radical (unpaired) electrons. The van der Waals surface area contributed by atoms with Gasteiger partial charge in [0, 0.05) is 27.2 Å². The number of amides is 2. The van der Waals surface area contributed by atoms with Crippen molar-refractivity contribution in [3.05, 3.63) is 53.6 Å². The zero-order valence-corrected chi connectivity index (χ0v) is 20.8. The molecular formula is C25H32N4O4S. The van der Waals surface area contributed by atoms with E-state index in [1.807, 2.05) is 24.3 Å². The van der Waals surface area contributed by atoms with E-state index < -0.39 is 10.0 Å². The van der Waals surface area contributed by atoms with Gasteiger partial charge in [-0.3, -0.25) is 14.5 Å². The molecule has 1 fully saturated rings. The predicted octanol–water partition coefficient (Wildman–Crippen LogP) is 2.52. The number of carbonyl (C=O) groups excluding carboxylic acids is 2. The number of sulfonamides is 1. The number of fused-ring (bicyclic) bond motifs is 3. The third kappa shape index (κ3) is 4.67. The van der Waals surface area contributed by atoms with E-state index in [9.17, 15) is 18.0 Å². The molecule has 2 aromatic rings. The summed E-state index contributed by atoms with van der Waals surface area (Å²) in [6, 6.07) is 12.6. The smallest absolute Gasteiger partial charge is 0.250 e. The zero-order chi connectivity index (χ0) is 24.5. The molecule has 0 bridgehead atoms. The van der Waals surface area contributed by atoms with Crippen LogP contribution in [0.2, 0.25) is 0 Å². The molecule has 1 unspecified atom stereocenters. The second-order valence-electron chi connectivity index (χ2n) is 9.01. The molecule has 1 atom stereocenters. The summed E-state index contributed by atoms with van der Waals surface area (Å²) in [5.41, 5.74) is 3.47. The van der Waals surface area contributed by atoms with Gasteiger partial charge in [0.25, 0.3) is 0 Å². The number of piperidine rings is 1. The van der Waals surface area contributed by atoms with Crippen LogP contribution in [-0.2, 0) is 32.6 Å². The largest absolute Gasteiger partial charge is 0.358 e. The minimum atomic E-state index is -3.68. The fourth-order valence-corrected chi connectivity index (χ4v) is 5.49. The lowest BCUT2D eigenvalue weighted by Gasteiger charge is -2.45. The summed E-state index contributed by atoms with van der Waals surface area (Å²) in [7, 11) is -0.743. The molecule has 2 aromatic carbocycles. The molecule has 2 amide bonds. The maximum Gasteiger partial charge on any atom is 0.250 e. The van der Waals surface area contributed by atoms with Crippen LogP contribution in [0, 0.1) is 0 Å². The third-order valence-corrected chi connectivity index (χ3v) is 8.41. The van der Waals surface area contributed by atoms with Crippen molar-refractivity contribution in [1.29, 1.82) is 0 Å². The van der Waals surface area contributed by atoms with E-state index >= 15 is 0 Å². The van der Waals surface area contributed by atoms with Gasteiger partial charge in [0.05, 0.1) is 16.3 Å². The lowest BCUT2D eigenvalue weighted by Crippen LogP contribution is -2.57. The van der Waals surface area contributed by atoms with Crippen molar-refractivity contribution >= 4 is 33.2 Å². The van der Waals surface area contributed by atoms with Gasteiger partial charge in [0.2, 0.25) is 21.8 Å². The second-order valence-corrected chi connectivity index (χ2v) is 11.2. The molecule has 9 heteroatoms. The summed E-state index contributed by atoms with van der Waals surface area (Å²) in [5.74, 6) is -0.446. The Morgan fingerprint density at radius 1 is 1.06 bits per heavy atom. The van der Waals surface area contributed by atoms with Crippen molar-refractivity contribution in [3.63, 3.8) is 0 Å². The average molecular weight is 485 g/mol. The molecule has 8 nitrogen and oxygen atoms in total. The molecule has 1 saturated heterocycles. The number of aryl methyl sites for hydroxylation is 1. The van der Waals surface area contributed by atoms with Crippen LogP contribution < -0.4 is 15.1 Å². The highest BCUT2D eigenvalue weighted by Crippen LogP contribution is 2.40. The highest BCUT2D eigenvalue weighted by molar-refractivity contribution is 7.89. The lowest BCUT2D eigenvalue weighted by molar-refractivity contribution is -0.125. The van der Waals surface area contributed by atoms with Crippen molar-refractivity contribution in [1.82, 2.24) is 9.62 Å². The van der Waals surface area contributed by atoms with Crippen LogP contribution in [0.25, 0.3) is 0 Å². The van der Waals surface area contributed by atoms with Gasteiger partial charge in [-0.25, -0.2) is 12.7 Å². The molecule has 34 heavy (non-hydrogen) atoms. The van der Waals surface area contributed by atoms with Crippen molar-refractivity contribution < 1.29 is 18.0 Å². The van der Waals surface area contributed by atoms with Crippen LogP contribution >= 0.6 is 0 Å². The number of nitrogens with one attached hydrogen (secondary N) is 1. The van der Waals surface area contributed by atoms with Gasteiger partial charge in [-0.15, -0.1) is 0 Å². The standard InChI is InChI=1S/C25H32N4O4S/c1-4-18-8-10-19(11-9-18)16-26-24(30)17-29-23-15-20(34(32,33)27(2)3)12-13-21(23)28-14-6-5-7-22(28)25(29)31/h8-13,15,22H,4-7,14,16-17H2,1-3H3,(H,26,30). The molecule has 0 saturated carbocycles. The summed E-state index contributed by atoms with van der Waals surface area (Å²) >= 11 is 0. The third-order valence-electron chi connectivity index (χ3n) is 6.60. The minimum Gasteiger partial charge on any atom is -0.358 e. The summed E-state index contributed by atoms with van der Waals surface area (Å²) in [6.45, 7) is 3.03. The summed E-state index contributed by atoms with van der Waals surface area (Å²) in [4.78, 5) is 29.9. The predicted molar refractivity (Wildman–Crippen MR) is 132 cm³/mol. The Morgan fingerprint density at radius 2 is 1.76 bits per heavy atom. The van der Waals surface area contributed by atoms with Gasteiger partial charge < -0.3 is 10.2 Å². The Hall–Kier alpha value is -2.91. The molecule has 2 aliphatic heterocycles. The molecule has 0 aromatic heterocycles. The molecule has 1 N–H and O–H groups in total. The molecule has 2 aliphatic rings. The van der Waals surface area contributed by atoms with Gasteiger partial charge >= 0.3 is 0 Å². The van der Waals surface area contributed by atoms with Crippen LogP contribution in [0.15, 0.2) is 47.4 Å². The first-order valence-electron chi connectivity index (χ1n) is 11.7. The van der Waals surface area contributed by atoms with Gasteiger partial charge in [-0.05, 0) is 55.0 Å². The average Bonchev–Trinajstić information content (AvgIpc) is 2.85. The Labute approximate surface area is 201 Å². The van der Waals surface area contributed by atoms with E-state index in [2.05, 4.69) is 17.1 Å². The normalized spacial score (nSPS) is 18.0. The first-order chi connectivity index (χ1) is 16.2. The van der Waals surface area contributed by atoms with Crippen LogP contribution in [0.3, 0.4) is 0 Å². The van der Waals surface area contributed by atoms with Crippen LogP contribution in [-0.4, -0.2) is 57.8 Å². The van der Waals surface area contributed by atoms with Crippen molar-refractivity contribution in [2.75, 3.05) is 37.0 Å².